The number of benzene rings is 2. The third-order valence-electron chi connectivity index (χ3n) is 5.46. The van der Waals surface area contributed by atoms with Crippen LogP contribution in [-0.2, 0) is 4.79 Å². The van der Waals surface area contributed by atoms with Crippen LogP contribution in [0.2, 0.25) is 0 Å². The number of carbonyl (C=O) groups excluding carboxylic acids is 1. The summed E-state index contributed by atoms with van der Waals surface area (Å²) in [6.45, 7) is 3.86. The van der Waals surface area contributed by atoms with Crippen LogP contribution in [0.4, 0.5) is 0 Å². The number of amides is 1. The first-order chi connectivity index (χ1) is 14.1. The molecule has 2 unspecified atom stereocenters. The van der Waals surface area contributed by atoms with Gasteiger partial charge >= 0.3 is 0 Å². The Hall–Kier alpha value is -3.23. The molecule has 2 N–H and O–H groups in total. The molecule has 29 heavy (non-hydrogen) atoms. The predicted molar refractivity (Wildman–Crippen MR) is 115 cm³/mol. The highest BCUT2D eigenvalue weighted by Gasteiger charge is 2.28. The van der Waals surface area contributed by atoms with Crippen LogP contribution in [0.1, 0.15) is 41.1 Å². The summed E-state index contributed by atoms with van der Waals surface area (Å²) in [5.74, 6) is -0.126. The number of carbonyl (C=O) groups is 1. The fourth-order valence-electron chi connectivity index (χ4n) is 3.81. The van der Waals surface area contributed by atoms with Crippen LogP contribution in [0.5, 0.6) is 0 Å². The molecule has 0 aromatic heterocycles. The van der Waals surface area contributed by atoms with Crippen molar-refractivity contribution in [1.29, 1.82) is 5.26 Å². The third kappa shape index (κ3) is 4.28. The van der Waals surface area contributed by atoms with Gasteiger partial charge in [-0.1, -0.05) is 42.0 Å². The number of rotatable bonds is 4. The molecule has 1 amide bonds. The molecule has 146 valence electrons. The fraction of sp³-hybridized carbons (Fsp3) is 0.292. The first kappa shape index (κ1) is 19.1. The summed E-state index contributed by atoms with van der Waals surface area (Å²) in [4.78, 5) is 17.6. The zero-order valence-electron chi connectivity index (χ0n) is 16.5. The van der Waals surface area contributed by atoms with E-state index in [1.54, 1.807) is 12.1 Å². The Bertz CT molecular complexity index is 991. The van der Waals surface area contributed by atoms with E-state index in [-0.39, 0.29) is 18.0 Å². The molecule has 4 rings (SSSR count). The maximum absolute atomic E-state index is 12.9. The van der Waals surface area contributed by atoms with Crippen molar-refractivity contribution in [3.63, 3.8) is 0 Å². The lowest BCUT2D eigenvalue weighted by atomic mass is 9.93. The highest BCUT2D eigenvalue weighted by atomic mass is 16.2. The molecule has 2 aliphatic rings. The minimum Gasteiger partial charge on any atom is -0.347 e. The normalized spacial score (nSPS) is 21.1. The van der Waals surface area contributed by atoms with E-state index < -0.39 is 0 Å². The van der Waals surface area contributed by atoms with E-state index in [2.05, 4.69) is 47.9 Å². The maximum Gasteiger partial charge on any atom is 0.269 e. The van der Waals surface area contributed by atoms with Gasteiger partial charge in [-0.2, -0.15) is 5.26 Å². The van der Waals surface area contributed by atoms with E-state index in [1.165, 1.54) is 5.56 Å². The van der Waals surface area contributed by atoms with Gasteiger partial charge in [0.2, 0.25) is 0 Å². The molecule has 0 bridgehead atoms. The van der Waals surface area contributed by atoms with Crippen LogP contribution in [0.25, 0.3) is 5.57 Å². The smallest absolute Gasteiger partial charge is 0.269 e. The van der Waals surface area contributed by atoms with Gasteiger partial charge in [-0.15, -0.1) is 0 Å². The molecule has 2 aromatic carbocycles. The molecule has 5 heteroatoms. The molecule has 0 spiro atoms. The summed E-state index contributed by atoms with van der Waals surface area (Å²) in [5, 5.41) is 15.5. The van der Waals surface area contributed by atoms with Crippen LogP contribution in [-0.4, -0.2) is 30.8 Å². The molecular formula is C24H24N4O. The summed E-state index contributed by atoms with van der Waals surface area (Å²) in [5.41, 5.74) is 5.28. The molecule has 0 saturated carbocycles. The van der Waals surface area contributed by atoms with Crippen LogP contribution >= 0.6 is 0 Å². The average Bonchev–Trinajstić information content (AvgIpc) is 3.21. The van der Waals surface area contributed by atoms with Crippen LogP contribution < -0.4 is 10.6 Å². The fourth-order valence-corrected chi connectivity index (χ4v) is 3.81. The molecule has 2 heterocycles. The molecule has 2 aromatic rings. The molecular weight excluding hydrogens is 360 g/mol. The van der Waals surface area contributed by atoms with E-state index in [4.69, 9.17) is 10.3 Å². The lowest BCUT2D eigenvalue weighted by molar-refractivity contribution is -0.115. The topological polar surface area (TPSA) is 77.3 Å². The number of nitrogens with one attached hydrogen (secondary N) is 2. The van der Waals surface area contributed by atoms with Gasteiger partial charge in [0.25, 0.3) is 5.91 Å². The SMILES string of the molecule is Cc1ccc(C2=CC(C(=O)NC3CCCNC3)=NC2c2ccc(C#N)cc2)cc1. The Kier molecular flexibility index (Phi) is 5.55. The summed E-state index contributed by atoms with van der Waals surface area (Å²) in [6, 6.07) is 17.7. The number of hydrogen-bond donors (Lipinski definition) is 2. The van der Waals surface area contributed by atoms with Gasteiger partial charge in [-0.05, 0) is 61.2 Å². The Labute approximate surface area is 171 Å². The highest BCUT2D eigenvalue weighted by Crippen LogP contribution is 2.37. The highest BCUT2D eigenvalue weighted by molar-refractivity contribution is 6.45. The van der Waals surface area contributed by atoms with Crippen LogP contribution in [0, 0.1) is 18.3 Å². The second-order valence-corrected chi connectivity index (χ2v) is 7.63. The van der Waals surface area contributed by atoms with E-state index >= 15 is 0 Å². The Morgan fingerprint density at radius 2 is 1.93 bits per heavy atom. The predicted octanol–water partition coefficient (Wildman–Crippen LogP) is 3.31. The van der Waals surface area contributed by atoms with Gasteiger partial charge < -0.3 is 10.6 Å². The zero-order valence-corrected chi connectivity index (χ0v) is 16.5. The second-order valence-electron chi connectivity index (χ2n) is 7.63. The molecule has 5 nitrogen and oxygen atoms in total. The van der Waals surface area contributed by atoms with Crippen molar-refractivity contribution in [2.45, 2.75) is 31.8 Å². The molecule has 0 aliphatic carbocycles. The number of nitrogens with zero attached hydrogens (tertiary/aromatic N) is 2. The molecule has 0 radical (unpaired) electrons. The number of aliphatic imine (C=N–C) groups is 1. The minimum atomic E-state index is -0.254. The van der Waals surface area contributed by atoms with Crippen molar-refractivity contribution in [1.82, 2.24) is 10.6 Å². The van der Waals surface area contributed by atoms with Crippen molar-refractivity contribution in [2.75, 3.05) is 13.1 Å². The standard InChI is InChI=1S/C24H24N4O/c1-16-4-8-18(9-5-16)21-13-22(24(29)27-20-3-2-12-26-15-20)28-23(21)19-10-6-17(14-25)7-11-19/h4-11,13,20,23,26H,2-3,12,15H2,1H3,(H,27,29). The Balaban J connectivity index is 1.64. The Morgan fingerprint density at radius 1 is 1.17 bits per heavy atom. The van der Waals surface area contributed by atoms with Crippen LogP contribution in [0.3, 0.4) is 0 Å². The lowest BCUT2D eigenvalue weighted by Crippen LogP contribution is -2.47. The van der Waals surface area contributed by atoms with Crippen molar-refractivity contribution >= 4 is 17.2 Å². The van der Waals surface area contributed by atoms with E-state index in [0.29, 0.717) is 11.3 Å². The summed E-state index contributed by atoms with van der Waals surface area (Å²) < 4.78 is 0. The number of aryl methyl sites for hydroxylation is 1. The van der Waals surface area contributed by atoms with Crippen LogP contribution in [0.15, 0.2) is 59.6 Å². The molecule has 2 aliphatic heterocycles. The second kappa shape index (κ2) is 8.42. The van der Waals surface area contributed by atoms with E-state index in [0.717, 1.165) is 42.6 Å². The molecule has 1 fully saturated rings. The van der Waals surface area contributed by atoms with E-state index in [9.17, 15) is 4.79 Å². The first-order valence-corrected chi connectivity index (χ1v) is 10.0. The summed E-state index contributed by atoms with van der Waals surface area (Å²) in [6.07, 6.45) is 3.95. The van der Waals surface area contributed by atoms with E-state index in [1.807, 2.05) is 18.2 Å². The zero-order chi connectivity index (χ0) is 20.2. The molecule has 2 atom stereocenters. The van der Waals surface area contributed by atoms with Crippen molar-refractivity contribution in [2.24, 2.45) is 4.99 Å². The maximum atomic E-state index is 12.9. The third-order valence-corrected chi connectivity index (χ3v) is 5.46. The van der Waals surface area contributed by atoms with Gasteiger partial charge in [-0.25, -0.2) is 0 Å². The summed E-state index contributed by atoms with van der Waals surface area (Å²) >= 11 is 0. The van der Waals surface area contributed by atoms with Crippen molar-refractivity contribution in [3.8, 4) is 6.07 Å². The van der Waals surface area contributed by atoms with Gasteiger partial charge in [-0.3, -0.25) is 9.79 Å². The number of hydrogen-bond acceptors (Lipinski definition) is 4. The van der Waals surface area contributed by atoms with Gasteiger partial charge in [0.15, 0.2) is 0 Å². The van der Waals surface area contributed by atoms with Crippen molar-refractivity contribution < 1.29 is 4.79 Å². The minimum absolute atomic E-state index is 0.126. The van der Waals surface area contributed by atoms with Gasteiger partial charge in [0.1, 0.15) is 11.8 Å². The van der Waals surface area contributed by atoms with Crippen molar-refractivity contribution in [3.05, 3.63) is 76.9 Å². The van der Waals surface area contributed by atoms with Gasteiger partial charge in [0, 0.05) is 12.6 Å². The molecule has 1 saturated heterocycles. The summed E-state index contributed by atoms with van der Waals surface area (Å²) in [7, 11) is 0. The number of nitriles is 1. The lowest BCUT2D eigenvalue weighted by Gasteiger charge is -2.23. The average molecular weight is 384 g/mol. The Morgan fingerprint density at radius 3 is 2.59 bits per heavy atom. The number of piperidine rings is 1. The van der Waals surface area contributed by atoms with Gasteiger partial charge in [0.05, 0.1) is 11.6 Å². The monoisotopic (exact) mass is 384 g/mol. The quantitative estimate of drug-likeness (QED) is 0.849. The first-order valence-electron chi connectivity index (χ1n) is 10.0. The largest absolute Gasteiger partial charge is 0.347 e.